The Balaban J connectivity index is 1.49. The van der Waals surface area contributed by atoms with E-state index in [1.165, 1.54) is 5.56 Å². The number of carbonyl (C=O) groups excluding carboxylic acids is 1. The first kappa shape index (κ1) is 16.6. The third-order valence-electron chi connectivity index (χ3n) is 4.57. The van der Waals surface area contributed by atoms with Crippen LogP contribution in [0.3, 0.4) is 0 Å². The van der Waals surface area contributed by atoms with E-state index in [4.69, 9.17) is 4.74 Å². The molecular formula is C20H20N4O2. The molecule has 1 amide bonds. The van der Waals surface area contributed by atoms with E-state index in [1.807, 2.05) is 12.1 Å². The van der Waals surface area contributed by atoms with Gasteiger partial charge in [0.1, 0.15) is 0 Å². The summed E-state index contributed by atoms with van der Waals surface area (Å²) in [5, 5.41) is 1.13. The Morgan fingerprint density at radius 2 is 1.96 bits per heavy atom. The van der Waals surface area contributed by atoms with Gasteiger partial charge in [0, 0.05) is 43.0 Å². The fourth-order valence-corrected chi connectivity index (χ4v) is 3.32. The number of rotatable bonds is 3. The molecule has 3 aromatic rings. The average Bonchev–Trinajstić information content (AvgIpc) is 2.93. The summed E-state index contributed by atoms with van der Waals surface area (Å²) in [7, 11) is 0. The fraction of sp³-hybridized carbons (Fsp3) is 0.300. The Labute approximate surface area is 151 Å². The normalized spacial score (nSPS) is 17.8. The lowest BCUT2D eigenvalue weighted by Gasteiger charge is -2.23. The zero-order chi connectivity index (χ0) is 17.8. The van der Waals surface area contributed by atoms with Gasteiger partial charge in [0.05, 0.1) is 18.7 Å². The molecule has 2 aromatic heterocycles. The standard InChI is InChI=1S/C20H20N4O2/c25-20(19-22-7-2-8-23-19)24-9-10-26-14-16(13-24)11-15-4-5-18-17(12-15)3-1-6-21-18/h1-8,12,16H,9-11,13-14H2/t16-/m1/s1. The number of pyridine rings is 1. The predicted molar refractivity (Wildman–Crippen MR) is 97.7 cm³/mol. The second-order valence-electron chi connectivity index (χ2n) is 6.50. The van der Waals surface area contributed by atoms with Gasteiger partial charge in [-0.3, -0.25) is 9.78 Å². The number of nitrogens with zero attached hydrogens (tertiary/aromatic N) is 4. The van der Waals surface area contributed by atoms with Crippen molar-refractivity contribution in [2.24, 2.45) is 5.92 Å². The van der Waals surface area contributed by atoms with Crippen LogP contribution in [-0.4, -0.2) is 52.1 Å². The third kappa shape index (κ3) is 3.70. The van der Waals surface area contributed by atoms with Crippen LogP contribution in [0, 0.1) is 5.92 Å². The van der Waals surface area contributed by atoms with E-state index in [1.54, 1.807) is 29.6 Å². The second-order valence-corrected chi connectivity index (χ2v) is 6.50. The highest BCUT2D eigenvalue weighted by molar-refractivity contribution is 5.90. The number of fused-ring (bicyclic) bond motifs is 1. The van der Waals surface area contributed by atoms with Gasteiger partial charge >= 0.3 is 0 Å². The molecule has 26 heavy (non-hydrogen) atoms. The van der Waals surface area contributed by atoms with Gasteiger partial charge in [-0.05, 0) is 36.2 Å². The topological polar surface area (TPSA) is 68.2 Å². The van der Waals surface area contributed by atoms with Gasteiger partial charge < -0.3 is 9.64 Å². The number of hydrogen-bond donors (Lipinski definition) is 0. The molecule has 0 aliphatic carbocycles. The fourth-order valence-electron chi connectivity index (χ4n) is 3.32. The molecule has 4 rings (SSSR count). The van der Waals surface area contributed by atoms with Crippen molar-refractivity contribution in [1.82, 2.24) is 19.9 Å². The molecule has 1 aromatic carbocycles. The summed E-state index contributed by atoms with van der Waals surface area (Å²) in [6.07, 6.45) is 5.84. The molecule has 6 nitrogen and oxygen atoms in total. The van der Waals surface area contributed by atoms with E-state index in [-0.39, 0.29) is 17.6 Å². The van der Waals surface area contributed by atoms with E-state index in [0.29, 0.717) is 26.3 Å². The molecule has 1 fully saturated rings. The summed E-state index contributed by atoms with van der Waals surface area (Å²) in [5.74, 6) is 0.341. The summed E-state index contributed by atoms with van der Waals surface area (Å²) in [6, 6.07) is 12.0. The Hall–Kier alpha value is -2.86. The van der Waals surface area contributed by atoms with Crippen LogP contribution in [0.15, 0.2) is 55.0 Å². The summed E-state index contributed by atoms with van der Waals surface area (Å²) in [5.41, 5.74) is 2.22. The quantitative estimate of drug-likeness (QED) is 0.727. The Morgan fingerprint density at radius 1 is 1.12 bits per heavy atom. The molecule has 3 heterocycles. The zero-order valence-corrected chi connectivity index (χ0v) is 14.4. The first-order chi connectivity index (χ1) is 12.8. The molecule has 0 bridgehead atoms. The number of carbonyl (C=O) groups is 1. The van der Waals surface area contributed by atoms with Crippen LogP contribution in [0.2, 0.25) is 0 Å². The maximum Gasteiger partial charge on any atom is 0.291 e. The number of ether oxygens (including phenoxy) is 1. The molecule has 1 aliphatic heterocycles. The lowest BCUT2D eigenvalue weighted by Crippen LogP contribution is -2.37. The number of benzene rings is 1. The van der Waals surface area contributed by atoms with Gasteiger partial charge in [0.15, 0.2) is 0 Å². The molecule has 0 N–H and O–H groups in total. The maximum atomic E-state index is 12.7. The van der Waals surface area contributed by atoms with Crippen molar-refractivity contribution in [1.29, 1.82) is 0 Å². The van der Waals surface area contributed by atoms with E-state index >= 15 is 0 Å². The van der Waals surface area contributed by atoms with Crippen molar-refractivity contribution in [3.8, 4) is 0 Å². The Bertz CT molecular complexity index is 900. The second kappa shape index (κ2) is 7.58. The number of hydrogen-bond acceptors (Lipinski definition) is 5. The summed E-state index contributed by atoms with van der Waals surface area (Å²) < 4.78 is 5.74. The predicted octanol–water partition coefficient (Wildman–Crippen LogP) is 2.36. The number of amides is 1. The van der Waals surface area contributed by atoms with E-state index < -0.39 is 0 Å². The summed E-state index contributed by atoms with van der Waals surface area (Å²) in [4.78, 5) is 27.0. The smallest absolute Gasteiger partial charge is 0.291 e. The van der Waals surface area contributed by atoms with Crippen molar-refractivity contribution >= 4 is 16.8 Å². The van der Waals surface area contributed by atoms with Crippen LogP contribution in [0.1, 0.15) is 16.2 Å². The first-order valence-corrected chi connectivity index (χ1v) is 8.77. The van der Waals surface area contributed by atoms with Crippen molar-refractivity contribution in [3.63, 3.8) is 0 Å². The SMILES string of the molecule is O=C(c1ncccn1)N1CCOC[C@H](Cc2ccc3ncccc3c2)C1. The Kier molecular flexibility index (Phi) is 4.84. The minimum Gasteiger partial charge on any atom is -0.379 e. The zero-order valence-electron chi connectivity index (χ0n) is 14.4. The van der Waals surface area contributed by atoms with Crippen LogP contribution in [-0.2, 0) is 11.2 Å². The van der Waals surface area contributed by atoms with Crippen LogP contribution in [0.25, 0.3) is 10.9 Å². The monoisotopic (exact) mass is 348 g/mol. The Morgan fingerprint density at radius 3 is 2.85 bits per heavy atom. The van der Waals surface area contributed by atoms with Crippen LogP contribution < -0.4 is 0 Å². The van der Waals surface area contributed by atoms with Crippen LogP contribution in [0.5, 0.6) is 0 Å². The molecule has 0 radical (unpaired) electrons. The lowest BCUT2D eigenvalue weighted by atomic mass is 9.98. The summed E-state index contributed by atoms with van der Waals surface area (Å²) >= 11 is 0. The summed E-state index contributed by atoms with van der Waals surface area (Å²) in [6.45, 7) is 2.39. The molecule has 0 spiro atoms. The molecule has 1 aliphatic rings. The maximum absolute atomic E-state index is 12.7. The van der Waals surface area contributed by atoms with Gasteiger partial charge in [-0.15, -0.1) is 0 Å². The van der Waals surface area contributed by atoms with E-state index in [9.17, 15) is 4.79 Å². The van der Waals surface area contributed by atoms with Crippen molar-refractivity contribution < 1.29 is 9.53 Å². The van der Waals surface area contributed by atoms with Gasteiger partial charge in [-0.1, -0.05) is 12.1 Å². The molecule has 6 heteroatoms. The minimum absolute atomic E-state index is 0.135. The highest BCUT2D eigenvalue weighted by Gasteiger charge is 2.25. The molecule has 0 saturated carbocycles. The molecule has 0 unspecified atom stereocenters. The molecule has 1 saturated heterocycles. The molecule has 132 valence electrons. The van der Waals surface area contributed by atoms with Crippen LogP contribution >= 0.6 is 0 Å². The van der Waals surface area contributed by atoms with E-state index in [2.05, 4.69) is 33.2 Å². The number of aromatic nitrogens is 3. The van der Waals surface area contributed by atoms with Gasteiger partial charge in [-0.25, -0.2) is 9.97 Å². The first-order valence-electron chi connectivity index (χ1n) is 8.77. The van der Waals surface area contributed by atoms with Gasteiger partial charge in [0.2, 0.25) is 5.82 Å². The van der Waals surface area contributed by atoms with Gasteiger partial charge in [-0.2, -0.15) is 0 Å². The van der Waals surface area contributed by atoms with Gasteiger partial charge in [0.25, 0.3) is 5.91 Å². The lowest BCUT2D eigenvalue weighted by molar-refractivity contribution is 0.0725. The third-order valence-corrected chi connectivity index (χ3v) is 4.57. The highest BCUT2D eigenvalue weighted by atomic mass is 16.5. The molecule has 1 atom stereocenters. The van der Waals surface area contributed by atoms with Crippen molar-refractivity contribution in [2.45, 2.75) is 6.42 Å². The largest absolute Gasteiger partial charge is 0.379 e. The minimum atomic E-state index is -0.135. The van der Waals surface area contributed by atoms with E-state index in [0.717, 1.165) is 17.3 Å². The highest BCUT2D eigenvalue weighted by Crippen LogP contribution is 2.19. The van der Waals surface area contributed by atoms with Crippen molar-refractivity contribution in [3.05, 3.63) is 66.4 Å². The molecular weight excluding hydrogens is 328 g/mol. The van der Waals surface area contributed by atoms with Crippen molar-refractivity contribution in [2.75, 3.05) is 26.3 Å². The van der Waals surface area contributed by atoms with Crippen LogP contribution in [0.4, 0.5) is 0 Å². The average molecular weight is 348 g/mol.